The topological polar surface area (TPSA) is 26.3 Å². The van der Waals surface area contributed by atoms with Crippen molar-refractivity contribution in [2.24, 2.45) is 0 Å². The van der Waals surface area contributed by atoms with Crippen molar-refractivity contribution >= 4 is 45.3 Å². The van der Waals surface area contributed by atoms with Gasteiger partial charge in [-0.1, -0.05) is 63.9 Å². The second-order valence-electron chi connectivity index (χ2n) is 4.58. The molecule has 2 nitrogen and oxygen atoms in total. The van der Waals surface area contributed by atoms with Gasteiger partial charge in [-0.05, 0) is 30.2 Å². The van der Waals surface area contributed by atoms with E-state index in [1.54, 1.807) is 18.7 Å². The van der Waals surface area contributed by atoms with Gasteiger partial charge in [-0.2, -0.15) is 0 Å². The monoisotopic (exact) mass is 398 g/mol. The van der Waals surface area contributed by atoms with Gasteiger partial charge < -0.3 is 4.74 Å². The van der Waals surface area contributed by atoms with Gasteiger partial charge >= 0.3 is 5.97 Å². The molecule has 1 atom stereocenters. The maximum Gasteiger partial charge on any atom is 0.324 e. The molecule has 0 aliphatic carbocycles. The molecule has 0 radical (unpaired) electrons. The number of hydrogen-bond donors (Lipinski definition) is 0. The Labute approximate surface area is 148 Å². The number of ether oxygens (including phenoxy) is 1. The zero-order chi connectivity index (χ0) is 15.9. The van der Waals surface area contributed by atoms with Crippen molar-refractivity contribution in [3.63, 3.8) is 0 Å². The maximum atomic E-state index is 11.7. The van der Waals surface area contributed by atoms with Gasteiger partial charge in [0, 0.05) is 10.6 Å². The van der Waals surface area contributed by atoms with Crippen LogP contribution in [0.5, 0.6) is 0 Å². The predicted octanol–water partition coefficient (Wildman–Crippen LogP) is 5.63. The second kappa shape index (κ2) is 8.61. The molecule has 0 aromatic heterocycles. The highest BCUT2D eigenvalue weighted by Crippen LogP contribution is 2.30. The third kappa shape index (κ3) is 4.77. The first-order chi connectivity index (χ1) is 10.6. The highest BCUT2D eigenvalue weighted by molar-refractivity contribution is 9.09. The Balaban J connectivity index is 1.97. The molecule has 116 valence electrons. The molecule has 0 spiro atoms. The van der Waals surface area contributed by atoms with E-state index in [1.165, 1.54) is 5.56 Å². The highest BCUT2D eigenvalue weighted by atomic mass is 79.9. The lowest BCUT2D eigenvalue weighted by Gasteiger charge is -2.10. The lowest BCUT2D eigenvalue weighted by molar-refractivity contribution is -0.142. The Morgan fingerprint density at radius 2 is 1.91 bits per heavy atom. The summed E-state index contributed by atoms with van der Waals surface area (Å²) >= 11 is 11.2. The van der Waals surface area contributed by atoms with E-state index in [2.05, 4.69) is 15.9 Å². The summed E-state index contributed by atoms with van der Waals surface area (Å²) in [5.41, 5.74) is 2.07. The number of alkyl halides is 1. The standard InChI is InChI=1S/C17H16BrClO2S/c1-2-21-17(20)16(18)13-9-7-12(8-10-13)11-22-15-6-4-3-5-14(15)19/h3-10,16H,2,11H2,1H3. The minimum atomic E-state index is -0.419. The quantitative estimate of drug-likeness (QED) is 0.357. The van der Waals surface area contributed by atoms with Gasteiger partial charge in [0.25, 0.3) is 0 Å². The number of esters is 1. The summed E-state index contributed by atoms with van der Waals surface area (Å²) in [5, 5.41) is 0.770. The zero-order valence-corrected chi connectivity index (χ0v) is 15.2. The maximum absolute atomic E-state index is 11.7. The Kier molecular flexibility index (Phi) is 6.80. The molecule has 0 heterocycles. The van der Waals surface area contributed by atoms with E-state index in [0.29, 0.717) is 6.61 Å². The van der Waals surface area contributed by atoms with Crippen LogP contribution in [0.25, 0.3) is 0 Å². The molecule has 0 saturated carbocycles. The first kappa shape index (κ1) is 17.4. The number of carbonyl (C=O) groups excluding carboxylic acids is 1. The summed E-state index contributed by atoms with van der Waals surface area (Å²) < 4.78 is 5.00. The first-order valence-electron chi connectivity index (χ1n) is 6.88. The van der Waals surface area contributed by atoms with E-state index in [4.69, 9.17) is 16.3 Å². The molecule has 0 amide bonds. The van der Waals surface area contributed by atoms with Gasteiger partial charge in [-0.15, -0.1) is 11.8 Å². The molecule has 0 bridgehead atoms. The molecule has 0 N–H and O–H groups in total. The van der Waals surface area contributed by atoms with Crippen LogP contribution in [-0.2, 0) is 15.3 Å². The van der Waals surface area contributed by atoms with Gasteiger partial charge in [0.05, 0.1) is 11.6 Å². The summed E-state index contributed by atoms with van der Waals surface area (Å²) in [6.45, 7) is 2.18. The molecule has 22 heavy (non-hydrogen) atoms. The second-order valence-corrected chi connectivity index (χ2v) is 6.92. The van der Waals surface area contributed by atoms with Gasteiger partial charge in [0.15, 0.2) is 0 Å². The van der Waals surface area contributed by atoms with Crippen molar-refractivity contribution in [1.82, 2.24) is 0 Å². The fraction of sp³-hybridized carbons (Fsp3) is 0.235. The normalized spacial score (nSPS) is 12.0. The molecule has 5 heteroatoms. The van der Waals surface area contributed by atoms with Crippen molar-refractivity contribution in [2.45, 2.75) is 22.4 Å². The van der Waals surface area contributed by atoms with Gasteiger partial charge in [-0.3, -0.25) is 4.79 Å². The Morgan fingerprint density at radius 1 is 1.23 bits per heavy atom. The molecule has 0 fully saturated rings. The van der Waals surface area contributed by atoms with E-state index in [9.17, 15) is 4.79 Å². The van der Waals surface area contributed by atoms with E-state index in [1.807, 2.05) is 48.5 Å². The fourth-order valence-corrected chi connectivity index (χ4v) is 3.49. The molecule has 0 saturated heterocycles. The number of carbonyl (C=O) groups is 1. The van der Waals surface area contributed by atoms with Crippen molar-refractivity contribution < 1.29 is 9.53 Å². The van der Waals surface area contributed by atoms with Crippen LogP contribution in [0.1, 0.15) is 22.9 Å². The molecule has 2 aromatic rings. The highest BCUT2D eigenvalue weighted by Gasteiger charge is 2.17. The minimum Gasteiger partial charge on any atom is -0.465 e. The van der Waals surface area contributed by atoms with E-state index in [0.717, 1.165) is 21.2 Å². The fourth-order valence-electron chi connectivity index (χ4n) is 1.86. The van der Waals surface area contributed by atoms with Crippen molar-refractivity contribution in [1.29, 1.82) is 0 Å². The molecule has 2 rings (SSSR count). The minimum absolute atomic E-state index is 0.263. The van der Waals surface area contributed by atoms with Crippen LogP contribution in [0.2, 0.25) is 5.02 Å². The predicted molar refractivity (Wildman–Crippen MR) is 95.8 cm³/mol. The van der Waals surface area contributed by atoms with Crippen LogP contribution in [0.3, 0.4) is 0 Å². The number of thioether (sulfide) groups is 1. The molecular formula is C17H16BrClO2S. The van der Waals surface area contributed by atoms with Crippen molar-refractivity contribution in [3.8, 4) is 0 Å². The largest absolute Gasteiger partial charge is 0.465 e. The van der Waals surface area contributed by atoms with Gasteiger partial charge in [0.2, 0.25) is 0 Å². The number of halogens is 2. The van der Waals surface area contributed by atoms with Crippen molar-refractivity contribution in [2.75, 3.05) is 6.61 Å². The van der Waals surface area contributed by atoms with E-state index < -0.39 is 4.83 Å². The summed E-state index contributed by atoms with van der Waals surface area (Å²) in [6, 6.07) is 15.7. The third-order valence-corrected chi connectivity index (χ3v) is 5.49. The summed E-state index contributed by atoms with van der Waals surface area (Å²) in [6.07, 6.45) is 0. The Bertz CT molecular complexity index is 631. The Morgan fingerprint density at radius 3 is 2.55 bits per heavy atom. The molecule has 2 aromatic carbocycles. The van der Waals surface area contributed by atoms with Crippen LogP contribution in [-0.4, -0.2) is 12.6 Å². The lowest BCUT2D eigenvalue weighted by atomic mass is 10.1. The number of hydrogen-bond acceptors (Lipinski definition) is 3. The molecule has 0 aliphatic rings. The first-order valence-corrected chi connectivity index (χ1v) is 9.16. The van der Waals surface area contributed by atoms with Crippen LogP contribution in [0.15, 0.2) is 53.4 Å². The smallest absolute Gasteiger partial charge is 0.324 e. The summed E-state index contributed by atoms with van der Waals surface area (Å²) in [5.74, 6) is 0.566. The zero-order valence-electron chi connectivity index (χ0n) is 12.1. The Hall–Kier alpha value is -0.970. The number of benzene rings is 2. The lowest BCUT2D eigenvalue weighted by Crippen LogP contribution is -2.10. The summed E-state index contributed by atoms with van der Waals surface area (Å²) in [4.78, 5) is 12.3. The van der Waals surface area contributed by atoms with Crippen LogP contribution in [0.4, 0.5) is 0 Å². The van der Waals surface area contributed by atoms with Crippen LogP contribution < -0.4 is 0 Å². The van der Waals surface area contributed by atoms with Crippen LogP contribution >= 0.6 is 39.3 Å². The van der Waals surface area contributed by atoms with Crippen molar-refractivity contribution in [3.05, 3.63) is 64.7 Å². The van der Waals surface area contributed by atoms with Crippen LogP contribution in [0, 0.1) is 0 Å². The SMILES string of the molecule is CCOC(=O)C(Br)c1ccc(CSc2ccccc2Cl)cc1. The summed E-state index contributed by atoms with van der Waals surface area (Å²) in [7, 11) is 0. The van der Waals surface area contributed by atoms with E-state index in [-0.39, 0.29) is 5.97 Å². The number of rotatable bonds is 6. The molecular weight excluding hydrogens is 384 g/mol. The van der Waals surface area contributed by atoms with Gasteiger partial charge in [0.1, 0.15) is 4.83 Å². The molecule has 0 aliphatic heterocycles. The van der Waals surface area contributed by atoms with E-state index >= 15 is 0 Å². The molecule has 1 unspecified atom stereocenters. The average molecular weight is 400 g/mol. The average Bonchev–Trinajstić information content (AvgIpc) is 2.54. The third-order valence-electron chi connectivity index (χ3n) is 3.00. The van der Waals surface area contributed by atoms with Gasteiger partial charge in [-0.25, -0.2) is 0 Å².